The van der Waals surface area contributed by atoms with E-state index >= 15 is 0 Å². The number of likely N-dealkylation sites (tertiary alicyclic amines) is 1. The first-order valence-electron chi connectivity index (χ1n) is 10.4. The molecule has 0 spiro atoms. The number of halogens is 2. The Bertz CT molecular complexity index is 990. The van der Waals surface area contributed by atoms with Gasteiger partial charge >= 0.3 is 0 Å². The van der Waals surface area contributed by atoms with Crippen LogP contribution in [0.4, 0.5) is 0 Å². The number of quaternary nitrogens is 1. The van der Waals surface area contributed by atoms with Crippen LogP contribution in [0.25, 0.3) is 0 Å². The van der Waals surface area contributed by atoms with Crippen molar-refractivity contribution in [1.82, 2.24) is 10.2 Å². The van der Waals surface area contributed by atoms with Gasteiger partial charge in [0.05, 0.1) is 37.3 Å². The first-order valence-corrected chi connectivity index (χ1v) is 10.8. The minimum Gasteiger partial charge on any atom is -1.00 e. The van der Waals surface area contributed by atoms with Crippen LogP contribution >= 0.6 is 11.6 Å². The van der Waals surface area contributed by atoms with Gasteiger partial charge in [0.25, 0.3) is 17.7 Å². The van der Waals surface area contributed by atoms with E-state index in [0.717, 1.165) is 13.0 Å². The minimum absolute atomic E-state index is 0. The van der Waals surface area contributed by atoms with Gasteiger partial charge in [0, 0.05) is 36.4 Å². The van der Waals surface area contributed by atoms with Crippen LogP contribution in [0.5, 0.6) is 0 Å². The zero-order valence-corrected chi connectivity index (χ0v) is 18.6. The normalized spacial score (nSPS) is 15.7. The Kier molecular flexibility index (Phi) is 7.70. The van der Waals surface area contributed by atoms with Gasteiger partial charge in [-0.3, -0.25) is 19.3 Å². The molecule has 0 aromatic heterocycles. The minimum atomic E-state index is -0.401. The number of hydrogen-bond acceptors (Lipinski definition) is 3. The van der Waals surface area contributed by atoms with E-state index in [1.165, 1.54) is 36.9 Å². The fourth-order valence-electron chi connectivity index (χ4n) is 4.14. The number of imide groups is 1. The number of fused-ring (bicyclic) bond motifs is 1. The smallest absolute Gasteiger partial charge is 0.261 e. The summed E-state index contributed by atoms with van der Waals surface area (Å²) in [5, 5.41) is 3.42. The van der Waals surface area contributed by atoms with Gasteiger partial charge in [-0.15, -0.1) is 0 Å². The second kappa shape index (κ2) is 10.3. The molecule has 2 aliphatic heterocycles. The van der Waals surface area contributed by atoms with Gasteiger partial charge in [-0.1, -0.05) is 29.8 Å². The fraction of sp³-hybridized carbons (Fsp3) is 0.348. The number of amides is 3. The Morgan fingerprint density at radius 1 is 1.03 bits per heavy atom. The van der Waals surface area contributed by atoms with Gasteiger partial charge in [-0.25, -0.2) is 0 Å². The van der Waals surface area contributed by atoms with Crippen LogP contribution in [-0.4, -0.2) is 48.8 Å². The van der Waals surface area contributed by atoms with Crippen molar-refractivity contribution in [3.05, 3.63) is 69.7 Å². The van der Waals surface area contributed by atoms with Crippen molar-refractivity contribution in [1.29, 1.82) is 0 Å². The molecule has 0 unspecified atom stereocenters. The topological polar surface area (TPSA) is 70.9 Å². The standard InChI is InChI=1S/C23H24ClN3O3.ClH/c24-20-7-2-1-6-17(20)15-27-22(29)18-9-8-16(14-19(18)23(27)30)21(28)25-10-5-13-26-11-3-4-12-26;/h1-2,6-9,14H,3-5,10-13,15H2,(H,25,28);1H. The molecule has 0 bridgehead atoms. The third-order valence-corrected chi connectivity index (χ3v) is 6.19. The van der Waals surface area contributed by atoms with Crippen LogP contribution in [0.2, 0.25) is 5.02 Å². The van der Waals surface area contributed by atoms with Crippen molar-refractivity contribution < 1.29 is 31.7 Å². The summed E-state index contributed by atoms with van der Waals surface area (Å²) in [5.74, 6) is -0.989. The average Bonchev–Trinajstić information content (AvgIpc) is 3.35. The number of benzene rings is 2. The summed E-state index contributed by atoms with van der Waals surface area (Å²) in [6.07, 6.45) is 3.50. The predicted molar refractivity (Wildman–Crippen MR) is 114 cm³/mol. The third-order valence-electron chi connectivity index (χ3n) is 5.82. The Labute approximate surface area is 193 Å². The van der Waals surface area contributed by atoms with Crippen molar-refractivity contribution in [2.24, 2.45) is 0 Å². The second-order valence-electron chi connectivity index (χ2n) is 7.86. The fourth-order valence-corrected chi connectivity index (χ4v) is 4.34. The number of carbonyl (C=O) groups is 3. The highest BCUT2D eigenvalue weighted by Gasteiger charge is 2.36. The predicted octanol–water partition coefficient (Wildman–Crippen LogP) is -1.06. The molecule has 0 saturated carbocycles. The van der Waals surface area contributed by atoms with Gasteiger partial charge in [0.15, 0.2) is 0 Å². The van der Waals surface area contributed by atoms with Gasteiger partial charge in [-0.2, -0.15) is 0 Å². The largest absolute Gasteiger partial charge is 1.00 e. The van der Waals surface area contributed by atoms with Crippen LogP contribution in [-0.2, 0) is 6.54 Å². The maximum Gasteiger partial charge on any atom is 0.261 e. The zero-order valence-electron chi connectivity index (χ0n) is 17.1. The van der Waals surface area contributed by atoms with E-state index in [1.807, 2.05) is 6.07 Å². The van der Waals surface area contributed by atoms with Gasteiger partial charge in [0.1, 0.15) is 0 Å². The maximum absolute atomic E-state index is 12.8. The first-order chi connectivity index (χ1) is 14.5. The number of carbonyl (C=O) groups excluding carboxylic acids is 3. The monoisotopic (exact) mass is 461 g/mol. The van der Waals surface area contributed by atoms with Gasteiger partial charge in [-0.05, 0) is 29.8 Å². The van der Waals surface area contributed by atoms with E-state index in [0.29, 0.717) is 28.3 Å². The Balaban J connectivity index is 0.00000272. The van der Waals surface area contributed by atoms with E-state index in [1.54, 1.807) is 35.2 Å². The van der Waals surface area contributed by atoms with E-state index < -0.39 is 5.91 Å². The number of nitrogens with zero attached hydrogens (tertiary/aromatic N) is 1. The van der Waals surface area contributed by atoms with Crippen LogP contribution in [0.15, 0.2) is 42.5 Å². The highest BCUT2D eigenvalue weighted by molar-refractivity contribution is 6.31. The van der Waals surface area contributed by atoms with Crippen molar-refractivity contribution in [3.8, 4) is 0 Å². The molecule has 0 aliphatic carbocycles. The molecule has 4 rings (SSSR count). The lowest BCUT2D eigenvalue weighted by Crippen LogP contribution is -3.10. The molecule has 31 heavy (non-hydrogen) atoms. The molecule has 164 valence electrons. The molecule has 1 fully saturated rings. The summed E-state index contributed by atoms with van der Waals surface area (Å²) in [5.41, 5.74) is 1.68. The Morgan fingerprint density at radius 3 is 2.48 bits per heavy atom. The summed E-state index contributed by atoms with van der Waals surface area (Å²) in [7, 11) is 0. The molecule has 0 radical (unpaired) electrons. The van der Waals surface area contributed by atoms with Crippen molar-refractivity contribution in [2.75, 3.05) is 26.2 Å². The van der Waals surface area contributed by atoms with E-state index in [4.69, 9.17) is 11.6 Å². The van der Waals surface area contributed by atoms with Gasteiger partial charge in [0.2, 0.25) is 0 Å². The van der Waals surface area contributed by atoms with Crippen LogP contribution in [0, 0.1) is 0 Å². The van der Waals surface area contributed by atoms with Crippen molar-refractivity contribution in [3.63, 3.8) is 0 Å². The van der Waals surface area contributed by atoms with E-state index in [-0.39, 0.29) is 36.3 Å². The molecule has 8 heteroatoms. The molecule has 6 nitrogen and oxygen atoms in total. The average molecular weight is 462 g/mol. The number of rotatable bonds is 7. The lowest BCUT2D eigenvalue weighted by molar-refractivity contribution is -0.887. The quantitative estimate of drug-likeness (QED) is 0.407. The second-order valence-corrected chi connectivity index (χ2v) is 8.27. The van der Waals surface area contributed by atoms with E-state index in [9.17, 15) is 14.4 Å². The zero-order chi connectivity index (χ0) is 21.1. The maximum atomic E-state index is 12.8. The number of nitrogens with one attached hydrogen (secondary N) is 2. The van der Waals surface area contributed by atoms with E-state index in [2.05, 4.69) is 5.32 Å². The van der Waals surface area contributed by atoms with Crippen molar-refractivity contribution >= 4 is 29.3 Å². The SMILES string of the molecule is O=C(NCCC[NH+]1CCCC1)c1ccc2c(c1)C(=O)N(Cc1ccccc1Cl)C2=O.[Cl-]. The summed E-state index contributed by atoms with van der Waals surface area (Å²) < 4.78 is 0. The molecule has 2 aliphatic rings. The lowest BCUT2D eigenvalue weighted by atomic mass is 10.1. The van der Waals surface area contributed by atoms with Crippen LogP contribution in [0.1, 0.15) is 55.9 Å². The summed E-state index contributed by atoms with van der Waals surface area (Å²) in [6, 6.07) is 11.8. The van der Waals surface area contributed by atoms with Crippen molar-refractivity contribution in [2.45, 2.75) is 25.8 Å². The summed E-state index contributed by atoms with van der Waals surface area (Å²) >= 11 is 6.17. The molecular weight excluding hydrogens is 437 g/mol. The Hall–Kier alpha value is -2.41. The summed E-state index contributed by atoms with van der Waals surface area (Å²) in [4.78, 5) is 40.8. The third kappa shape index (κ3) is 5.09. The number of hydrogen-bond donors (Lipinski definition) is 2. The highest BCUT2D eigenvalue weighted by atomic mass is 35.5. The Morgan fingerprint density at radius 2 is 1.74 bits per heavy atom. The lowest BCUT2D eigenvalue weighted by Gasteiger charge is -2.14. The summed E-state index contributed by atoms with van der Waals surface area (Å²) in [6.45, 7) is 4.21. The molecular formula is C23H25Cl2N3O3. The molecule has 2 aromatic rings. The molecule has 2 aromatic carbocycles. The molecule has 3 amide bonds. The van der Waals surface area contributed by atoms with Crippen LogP contribution in [0.3, 0.4) is 0 Å². The first kappa shape index (κ1) is 23.3. The van der Waals surface area contributed by atoms with Crippen LogP contribution < -0.4 is 22.6 Å². The molecule has 2 N–H and O–H groups in total. The molecule has 1 saturated heterocycles. The molecule has 0 atom stereocenters. The van der Waals surface area contributed by atoms with Gasteiger partial charge < -0.3 is 22.6 Å². The molecule has 2 heterocycles. The highest BCUT2D eigenvalue weighted by Crippen LogP contribution is 2.27.